The lowest BCUT2D eigenvalue weighted by atomic mass is 9.78. The zero-order valence-corrected chi connectivity index (χ0v) is 21.0. The molecule has 35 heavy (non-hydrogen) atoms. The summed E-state index contributed by atoms with van der Waals surface area (Å²) in [6, 6.07) is 6.95. The molecule has 2 aliphatic heterocycles. The highest BCUT2D eigenvalue weighted by atomic mass is 35.5. The molecule has 2 aromatic carbocycles. The molecule has 2 aliphatic rings. The Morgan fingerprint density at radius 3 is 2.71 bits per heavy atom. The maximum absolute atomic E-state index is 15.1. The van der Waals surface area contributed by atoms with Crippen molar-refractivity contribution in [1.29, 1.82) is 0 Å². The third kappa shape index (κ3) is 4.29. The van der Waals surface area contributed by atoms with Crippen molar-refractivity contribution in [3.63, 3.8) is 0 Å². The Balaban J connectivity index is 1.54. The van der Waals surface area contributed by atoms with Gasteiger partial charge >= 0.3 is 0 Å². The number of carbonyl (C=O) groups is 1. The lowest BCUT2D eigenvalue weighted by Crippen LogP contribution is -2.39. The van der Waals surface area contributed by atoms with Crippen LogP contribution >= 0.6 is 11.6 Å². The van der Waals surface area contributed by atoms with Crippen LogP contribution in [0.4, 0.5) is 21.6 Å². The highest BCUT2D eigenvalue weighted by Crippen LogP contribution is 2.45. The number of benzene rings is 2. The summed E-state index contributed by atoms with van der Waals surface area (Å²) in [5.41, 5.74) is 2.04. The number of nitrogens with zero attached hydrogens (tertiary/aromatic N) is 4. The van der Waals surface area contributed by atoms with Crippen LogP contribution in [-0.2, 0) is 11.2 Å². The molecule has 0 atom stereocenters. The standard InChI is InChI=1S/C26H29ClFN5O2/c1-4-16-18(27)5-6-19(24(16)28)31-25-17-11-21(22(35-3)12-20(17)29-15-30-25)33-14-26(13-23(33)34)7-9-32(2)10-8-26/h5-6,11-12,15H,4,7-10,13-14H2,1-3H3,(H,29,30,31). The van der Waals surface area contributed by atoms with Crippen LogP contribution < -0.4 is 15.0 Å². The normalized spacial score (nSPS) is 18.0. The molecule has 3 heterocycles. The summed E-state index contributed by atoms with van der Waals surface area (Å²) >= 11 is 6.16. The Kier molecular flexibility index (Phi) is 6.27. The molecule has 1 spiro atoms. The van der Waals surface area contributed by atoms with Gasteiger partial charge in [0.15, 0.2) is 5.82 Å². The number of piperidine rings is 1. The van der Waals surface area contributed by atoms with Crippen molar-refractivity contribution in [3.05, 3.63) is 47.0 Å². The predicted octanol–water partition coefficient (Wildman–Crippen LogP) is 5.19. The van der Waals surface area contributed by atoms with Gasteiger partial charge in [0.05, 0.1) is 24.0 Å². The minimum absolute atomic E-state index is 0.0131. The first-order valence-electron chi connectivity index (χ1n) is 11.9. The zero-order chi connectivity index (χ0) is 24.7. The first-order chi connectivity index (χ1) is 16.8. The molecular weight excluding hydrogens is 469 g/mol. The first kappa shape index (κ1) is 23.8. The molecule has 1 aromatic heterocycles. The van der Waals surface area contributed by atoms with Gasteiger partial charge in [-0.3, -0.25) is 4.79 Å². The van der Waals surface area contributed by atoms with Gasteiger partial charge in [-0.1, -0.05) is 18.5 Å². The Bertz CT molecular complexity index is 1290. The largest absolute Gasteiger partial charge is 0.494 e. The highest BCUT2D eigenvalue weighted by molar-refractivity contribution is 6.31. The molecule has 0 saturated carbocycles. The number of halogens is 2. The smallest absolute Gasteiger partial charge is 0.227 e. The van der Waals surface area contributed by atoms with Gasteiger partial charge in [-0.15, -0.1) is 0 Å². The first-order valence-corrected chi connectivity index (χ1v) is 12.3. The summed E-state index contributed by atoms with van der Waals surface area (Å²) in [6.07, 6.45) is 4.42. The van der Waals surface area contributed by atoms with Crippen molar-refractivity contribution < 1.29 is 13.9 Å². The van der Waals surface area contributed by atoms with E-state index >= 15 is 4.39 Å². The average molecular weight is 498 g/mol. The van der Waals surface area contributed by atoms with Crippen LogP contribution in [0.25, 0.3) is 10.9 Å². The van der Waals surface area contributed by atoms with Crippen molar-refractivity contribution in [2.45, 2.75) is 32.6 Å². The van der Waals surface area contributed by atoms with Gasteiger partial charge in [0, 0.05) is 35.0 Å². The topological polar surface area (TPSA) is 70.6 Å². The number of rotatable bonds is 5. The predicted molar refractivity (Wildman–Crippen MR) is 136 cm³/mol. The van der Waals surface area contributed by atoms with Gasteiger partial charge in [0.1, 0.15) is 17.9 Å². The number of hydrogen-bond donors (Lipinski definition) is 1. The van der Waals surface area contributed by atoms with Gasteiger partial charge in [0.25, 0.3) is 0 Å². The highest BCUT2D eigenvalue weighted by Gasteiger charge is 2.45. The average Bonchev–Trinajstić information content (AvgIpc) is 3.18. The number of ether oxygens (including phenoxy) is 1. The number of fused-ring (bicyclic) bond motifs is 1. The molecule has 2 fully saturated rings. The molecule has 1 N–H and O–H groups in total. The van der Waals surface area contributed by atoms with E-state index in [0.717, 1.165) is 25.9 Å². The molecule has 0 bridgehead atoms. The molecule has 5 rings (SSSR count). The molecule has 9 heteroatoms. The fourth-order valence-corrected chi connectivity index (χ4v) is 5.51. The summed E-state index contributed by atoms with van der Waals surface area (Å²) in [4.78, 5) is 26.1. The van der Waals surface area contributed by atoms with Crippen LogP contribution in [-0.4, -0.2) is 54.6 Å². The Labute approximate surface area is 209 Å². The van der Waals surface area contributed by atoms with Crippen molar-refractivity contribution in [1.82, 2.24) is 14.9 Å². The van der Waals surface area contributed by atoms with E-state index < -0.39 is 5.82 Å². The fourth-order valence-electron chi connectivity index (χ4n) is 5.24. The molecule has 0 radical (unpaired) electrons. The maximum Gasteiger partial charge on any atom is 0.227 e. The van der Waals surface area contributed by atoms with E-state index in [0.29, 0.717) is 58.1 Å². The monoisotopic (exact) mass is 497 g/mol. The second-order valence-corrected chi connectivity index (χ2v) is 10.00. The SMILES string of the molecule is CCc1c(Cl)ccc(Nc2ncnc3cc(OC)c(N4CC5(CCN(C)CC5)CC4=O)cc23)c1F. The number of amides is 1. The molecule has 7 nitrogen and oxygen atoms in total. The molecule has 3 aromatic rings. The van der Waals surface area contributed by atoms with E-state index in [1.807, 2.05) is 17.9 Å². The summed E-state index contributed by atoms with van der Waals surface area (Å²) < 4.78 is 20.7. The van der Waals surface area contributed by atoms with Gasteiger partial charge in [-0.2, -0.15) is 0 Å². The lowest BCUT2D eigenvalue weighted by Gasteiger charge is -2.37. The fraction of sp³-hybridized carbons (Fsp3) is 0.423. The lowest BCUT2D eigenvalue weighted by molar-refractivity contribution is -0.118. The van der Waals surface area contributed by atoms with E-state index in [1.54, 1.807) is 25.3 Å². The van der Waals surface area contributed by atoms with Gasteiger partial charge in [0.2, 0.25) is 5.91 Å². The number of methoxy groups -OCH3 is 1. The number of hydrogen-bond acceptors (Lipinski definition) is 6. The number of carbonyl (C=O) groups excluding carboxylic acids is 1. The molecular formula is C26H29ClFN5O2. The van der Waals surface area contributed by atoms with Crippen LogP contribution in [0.3, 0.4) is 0 Å². The summed E-state index contributed by atoms with van der Waals surface area (Å²) in [7, 11) is 3.71. The Morgan fingerprint density at radius 2 is 2.00 bits per heavy atom. The molecule has 1 amide bonds. The van der Waals surface area contributed by atoms with Crippen molar-refractivity contribution in [2.75, 3.05) is 44.0 Å². The summed E-state index contributed by atoms with van der Waals surface area (Å²) in [5, 5.41) is 4.18. The van der Waals surface area contributed by atoms with Crippen LogP contribution in [0, 0.1) is 11.2 Å². The second-order valence-electron chi connectivity index (χ2n) is 9.59. The van der Waals surface area contributed by atoms with Gasteiger partial charge in [-0.05, 0) is 63.0 Å². The van der Waals surface area contributed by atoms with E-state index in [4.69, 9.17) is 16.3 Å². The van der Waals surface area contributed by atoms with E-state index in [1.165, 1.54) is 6.33 Å². The number of nitrogens with one attached hydrogen (secondary N) is 1. The van der Waals surface area contributed by atoms with Crippen molar-refractivity contribution in [2.24, 2.45) is 5.41 Å². The van der Waals surface area contributed by atoms with Gasteiger partial charge < -0.3 is 19.9 Å². The number of likely N-dealkylation sites (tertiary alicyclic amines) is 1. The van der Waals surface area contributed by atoms with E-state index in [2.05, 4.69) is 27.2 Å². The van der Waals surface area contributed by atoms with Crippen LogP contribution in [0.5, 0.6) is 5.75 Å². The molecule has 2 saturated heterocycles. The van der Waals surface area contributed by atoms with Crippen LogP contribution in [0.15, 0.2) is 30.6 Å². The summed E-state index contributed by atoms with van der Waals surface area (Å²) in [5.74, 6) is 0.712. The Morgan fingerprint density at radius 1 is 1.23 bits per heavy atom. The second kappa shape index (κ2) is 9.24. The van der Waals surface area contributed by atoms with E-state index in [9.17, 15) is 4.79 Å². The van der Waals surface area contributed by atoms with Crippen molar-refractivity contribution >= 4 is 45.6 Å². The number of anilines is 3. The quantitative estimate of drug-likeness (QED) is 0.523. The minimum Gasteiger partial charge on any atom is -0.494 e. The number of aromatic nitrogens is 2. The third-order valence-corrected chi connectivity index (χ3v) is 7.74. The zero-order valence-electron chi connectivity index (χ0n) is 20.2. The minimum atomic E-state index is -0.403. The molecule has 0 aliphatic carbocycles. The van der Waals surface area contributed by atoms with Crippen LogP contribution in [0.2, 0.25) is 5.02 Å². The Hall–Kier alpha value is -2.97. The van der Waals surface area contributed by atoms with Crippen molar-refractivity contribution in [3.8, 4) is 5.75 Å². The molecule has 184 valence electrons. The van der Waals surface area contributed by atoms with E-state index in [-0.39, 0.29) is 17.0 Å². The van der Waals surface area contributed by atoms with Gasteiger partial charge in [-0.25, -0.2) is 14.4 Å². The van der Waals surface area contributed by atoms with Crippen LogP contribution in [0.1, 0.15) is 31.7 Å². The summed E-state index contributed by atoms with van der Waals surface area (Å²) in [6.45, 7) is 4.50. The third-order valence-electron chi connectivity index (χ3n) is 7.39. The molecule has 0 unspecified atom stereocenters. The maximum atomic E-state index is 15.1.